The van der Waals surface area contributed by atoms with Crippen molar-refractivity contribution in [1.82, 2.24) is 15.5 Å². The summed E-state index contributed by atoms with van der Waals surface area (Å²) in [6.45, 7) is 4.17. The number of nitrogens with zero attached hydrogens (tertiary/aromatic N) is 1. The summed E-state index contributed by atoms with van der Waals surface area (Å²) < 4.78 is 0. The summed E-state index contributed by atoms with van der Waals surface area (Å²) >= 11 is 0. The number of amides is 3. The quantitative estimate of drug-likeness (QED) is 0.710. The van der Waals surface area contributed by atoms with Crippen molar-refractivity contribution in [3.63, 3.8) is 0 Å². The van der Waals surface area contributed by atoms with Gasteiger partial charge in [0.1, 0.15) is 0 Å². The van der Waals surface area contributed by atoms with Crippen molar-refractivity contribution in [3.8, 4) is 0 Å². The van der Waals surface area contributed by atoms with Gasteiger partial charge in [-0.25, -0.2) is 0 Å². The summed E-state index contributed by atoms with van der Waals surface area (Å²) in [6, 6.07) is 0.0648. The zero-order chi connectivity index (χ0) is 13.7. The maximum absolute atomic E-state index is 12.0. The van der Waals surface area contributed by atoms with Crippen LogP contribution < -0.4 is 10.6 Å². The third-order valence-corrected chi connectivity index (χ3v) is 2.82. The number of hydrogen-bond donors (Lipinski definition) is 2. The first kappa shape index (κ1) is 14.5. The zero-order valence-electron chi connectivity index (χ0n) is 11.2. The molecule has 0 aromatic rings. The molecule has 1 aliphatic rings. The monoisotopic (exact) mass is 255 g/mol. The van der Waals surface area contributed by atoms with Gasteiger partial charge < -0.3 is 15.5 Å². The summed E-state index contributed by atoms with van der Waals surface area (Å²) in [5.41, 5.74) is 0. The fraction of sp³-hybridized carbons (Fsp3) is 0.750. The number of carbonyl (C=O) groups is 3. The molecule has 3 amide bonds. The lowest BCUT2D eigenvalue weighted by molar-refractivity contribution is -0.139. The van der Waals surface area contributed by atoms with E-state index < -0.39 is 0 Å². The molecule has 6 nitrogen and oxygen atoms in total. The van der Waals surface area contributed by atoms with Gasteiger partial charge in [0, 0.05) is 26.1 Å². The molecule has 0 radical (unpaired) electrons. The van der Waals surface area contributed by atoms with E-state index in [1.165, 1.54) is 4.90 Å². The number of piperidine rings is 1. The first-order valence-corrected chi connectivity index (χ1v) is 6.21. The number of likely N-dealkylation sites (N-methyl/N-ethyl adjacent to an activating group) is 1. The Hall–Kier alpha value is -1.59. The lowest BCUT2D eigenvalue weighted by Crippen LogP contribution is -2.47. The Kier molecular flexibility index (Phi) is 5.12. The van der Waals surface area contributed by atoms with Crippen LogP contribution in [0, 0.1) is 5.92 Å². The summed E-state index contributed by atoms with van der Waals surface area (Å²) in [4.78, 5) is 36.0. The van der Waals surface area contributed by atoms with Gasteiger partial charge in [-0.3, -0.25) is 14.4 Å². The van der Waals surface area contributed by atoms with Crippen molar-refractivity contribution >= 4 is 17.7 Å². The van der Waals surface area contributed by atoms with Crippen molar-refractivity contribution < 1.29 is 14.4 Å². The van der Waals surface area contributed by atoms with Gasteiger partial charge in [-0.15, -0.1) is 0 Å². The van der Waals surface area contributed by atoms with Crippen LogP contribution in [0.3, 0.4) is 0 Å². The predicted octanol–water partition coefficient (Wildman–Crippen LogP) is -0.504. The van der Waals surface area contributed by atoms with E-state index >= 15 is 0 Å². The van der Waals surface area contributed by atoms with Gasteiger partial charge in [0.2, 0.25) is 17.7 Å². The molecule has 102 valence electrons. The molecule has 0 bridgehead atoms. The van der Waals surface area contributed by atoms with Crippen molar-refractivity contribution in [2.75, 3.05) is 20.1 Å². The van der Waals surface area contributed by atoms with E-state index in [0.717, 1.165) is 0 Å². The third-order valence-electron chi connectivity index (χ3n) is 2.82. The molecule has 1 heterocycles. The van der Waals surface area contributed by atoms with Gasteiger partial charge in [0.05, 0.1) is 12.5 Å². The highest BCUT2D eigenvalue weighted by molar-refractivity contribution is 5.87. The lowest BCUT2D eigenvalue weighted by atomic mass is 9.98. The highest BCUT2D eigenvalue weighted by atomic mass is 16.2. The maximum Gasteiger partial charge on any atom is 0.239 e. The highest BCUT2D eigenvalue weighted by Crippen LogP contribution is 2.13. The van der Waals surface area contributed by atoms with Crippen LogP contribution in [0.5, 0.6) is 0 Å². The molecule has 0 aliphatic carbocycles. The molecule has 1 saturated heterocycles. The van der Waals surface area contributed by atoms with E-state index in [2.05, 4.69) is 10.6 Å². The molecule has 0 spiro atoms. The molecule has 6 heteroatoms. The minimum absolute atomic E-state index is 0.0146. The van der Waals surface area contributed by atoms with Crippen molar-refractivity contribution in [2.45, 2.75) is 32.7 Å². The Morgan fingerprint density at radius 3 is 2.67 bits per heavy atom. The molecule has 1 atom stereocenters. The Balaban J connectivity index is 2.41. The number of rotatable bonds is 4. The molecule has 2 N–H and O–H groups in total. The zero-order valence-corrected chi connectivity index (χ0v) is 11.2. The fourth-order valence-electron chi connectivity index (χ4n) is 1.92. The van der Waals surface area contributed by atoms with E-state index in [9.17, 15) is 14.4 Å². The van der Waals surface area contributed by atoms with Crippen LogP contribution in [-0.2, 0) is 14.4 Å². The Labute approximate surface area is 107 Å². The normalized spacial score (nSPS) is 19.3. The maximum atomic E-state index is 12.0. The summed E-state index contributed by atoms with van der Waals surface area (Å²) in [6.07, 6.45) is 0.934. The van der Waals surface area contributed by atoms with Crippen LogP contribution in [-0.4, -0.2) is 48.8 Å². The molecule has 18 heavy (non-hydrogen) atoms. The molecule has 0 saturated carbocycles. The summed E-state index contributed by atoms with van der Waals surface area (Å²) in [5, 5.41) is 5.40. The molecule has 0 aromatic heterocycles. The van der Waals surface area contributed by atoms with Crippen LogP contribution in [0.25, 0.3) is 0 Å². The molecule has 1 rings (SSSR count). The lowest BCUT2D eigenvalue weighted by Gasteiger charge is -2.26. The average molecular weight is 255 g/mol. The molecule has 1 aliphatic heterocycles. The first-order chi connectivity index (χ1) is 8.40. The second kappa shape index (κ2) is 6.37. The topological polar surface area (TPSA) is 78.5 Å². The van der Waals surface area contributed by atoms with E-state index in [1.54, 1.807) is 7.05 Å². The number of hydrogen-bond acceptors (Lipinski definition) is 3. The van der Waals surface area contributed by atoms with Crippen molar-refractivity contribution in [2.24, 2.45) is 5.92 Å². The molecular weight excluding hydrogens is 234 g/mol. The Morgan fingerprint density at radius 1 is 1.50 bits per heavy atom. The highest BCUT2D eigenvalue weighted by Gasteiger charge is 2.27. The largest absolute Gasteiger partial charge is 0.355 e. The van der Waals surface area contributed by atoms with Crippen LogP contribution in [0.4, 0.5) is 0 Å². The smallest absolute Gasteiger partial charge is 0.239 e. The first-order valence-electron chi connectivity index (χ1n) is 6.21. The van der Waals surface area contributed by atoms with E-state index in [0.29, 0.717) is 19.4 Å². The van der Waals surface area contributed by atoms with Crippen LogP contribution in [0.1, 0.15) is 26.7 Å². The number of nitrogens with one attached hydrogen (secondary N) is 2. The fourth-order valence-corrected chi connectivity index (χ4v) is 1.92. The van der Waals surface area contributed by atoms with Crippen LogP contribution >= 0.6 is 0 Å². The second-order valence-electron chi connectivity index (χ2n) is 4.96. The molecule has 1 fully saturated rings. The van der Waals surface area contributed by atoms with Gasteiger partial charge in [0.25, 0.3) is 0 Å². The predicted molar refractivity (Wildman–Crippen MR) is 66.6 cm³/mol. The second-order valence-corrected chi connectivity index (χ2v) is 4.96. The van der Waals surface area contributed by atoms with E-state index in [1.807, 2.05) is 13.8 Å². The third kappa shape index (κ3) is 4.35. The summed E-state index contributed by atoms with van der Waals surface area (Å²) in [7, 11) is 1.61. The van der Waals surface area contributed by atoms with Crippen molar-refractivity contribution in [3.05, 3.63) is 0 Å². The van der Waals surface area contributed by atoms with E-state index in [4.69, 9.17) is 0 Å². The van der Waals surface area contributed by atoms with E-state index in [-0.39, 0.29) is 36.2 Å². The van der Waals surface area contributed by atoms with Crippen LogP contribution in [0.2, 0.25) is 0 Å². The SMILES string of the molecule is CC(C)NC(=O)CN(C)C(=O)C1CCC(=O)NC1. The minimum Gasteiger partial charge on any atom is -0.355 e. The average Bonchev–Trinajstić information content (AvgIpc) is 2.27. The Bertz CT molecular complexity index is 331. The Morgan fingerprint density at radius 2 is 2.17 bits per heavy atom. The number of carbonyl (C=O) groups excluding carboxylic acids is 3. The standard InChI is InChI=1S/C12H21N3O3/c1-8(2)14-11(17)7-15(3)12(18)9-4-5-10(16)13-6-9/h8-9H,4-7H2,1-3H3,(H,13,16)(H,14,17). The molecular formula is C12H21N3O3. The van der Waals surface area contributed by atoms with Gasteiger partial charge in [-0.2, -0.15) is 0 Å². The van der Waals surface area contributed by atoms with Crippen molar-refractivity contribution in [1.29, 1.82) is 0 Å². The van der Waals surface area contributed by atoms with Crippen LogP contribution in [0.15, 0.2) is 0 Å². The van der Waals surface area contributed by atoms with Gasteiger partial charge >= 0.3 is 0 Å². The van der Waals surface area contributed by atoms with Gasteiger partial charge in [-0.1, -0.05) is 0 Å². The van der Waals surface area contributed by atoms with Gasteiger partial charge in [-0.05, 0) is 20.3 Å². The molecule has 0 aromatic carbocycles. The molecule has 1 unspecified atom stereocenters. The van der Waals surface area contributed by atoms with Gasteiger partial charge in [0.15, 0.2) is 0 Å². The minimum atomic E-state index is -0.209. The summed E-state index contributed by atoms with van der Waals surface area (Å²) in [5.74, 6) is -0.478.